The highest BCUT2D eigenvalue weighted by Gasteiger charge is 2.26. The third-order valence-corrected chi connectivity index (χ3v) is 9.44. The molecule has 10 nitrogen and oxygen atoms in total. The number of fused-ring (bicyclic) bond motifs is 2. The molecule has 3 N–H and O–H groups in total. The number of nitrogens with zero attached hydrogens (tertiary/aromatic N) is 5. The smallest absolute Gasteiger partial charge is 0.335 e. The summed E-state index contributed by atoms with van der Waals surface area (Å²) in [5.74, 6) is 1.03. The van der Waals surface area contributed by atoms with Gasteiger partial charge in [0.15, 0.2) is 0 Å². The van der Waals surface area contributed by atoms with E-state index in [0.29, 0.717) is 24.6 Å². The first-order chi connectivity index (χ1) is 21.4. The summed E-state index contributed by atoms with van der Waals surface area (Å²) in [7, 11) is 0. The summed E-state index contributed by atoms with van der Waals surface area (Å²) in [6, 6.07) is 17.3. The molecule has 1 unspecified atom stereocenters. The summed E-state index contributed by atoms with van der Waals surface area (Å²) in [6.45, 7) is 5.73. The number of hydrogen-bond donors (Lipinski definition) is 2. The van der Waals surface area contributed by atoms with E-state index in [-0.39, 0.29) is 17.6 Å². The molecule has 0 radical (unpaired) electrons. The molecule has 0 spiro atoms. The molecule has 10 heteroatoms. The van der Waals surface area contributed by atoms with Crippen molar-refractivity contribution in [2.24, 2.45) is 5.73 Å². The summed E-state index contributed by atoms with van der Waals surface area (Å²) in [5, 5.41) is 9.56. The summed E-state index contributed by atoms with van der Waals surface area (Å²) in [4.78, 5) is 38.2. The topological polar surface area (TPSA) is 127 Å². The van der Waals surface area contributed by atoms with E-state index in [1.165, 1.54) is 11.1 Å². The number of anilines is 1. The highest BCUT2D eigenvalue weighted by molar-refractivity contribution is 5.93. The largest absolute Gasteiger partial charge is 0.478 e. The second kappa shape index (κ2) is 12.0. The summed E-state index contributed by atoms with van der Waals surface area (Å²) < 4.78 is 7.91. The first kappa shape index (κ1) is 28.5. The van der Waals surface area contributed by atoms with E-state index in [0.717, 1.165) is 93.3 Å². The molecule has 228 valence electrons. The number of carbonyl (C=O) groups excluding carboxylic acids is 1. The van der Waals surface area contributed by atoms with Crippen molar-refractivity contribution >= 4 is 28.7 Å². The Kier molecular flexibility index (Phi) is 7.78. The molecule has 2 atom stereocenters. The zero-order chi connectivity index (χ0) is 30.2. The number of nitrogens with two attached hydrogens (primary N) is 1. The van der Waals surface area contributed by atoms with Crippen LogP contribution in [-0.4, -0.2) is 68.8 Å². The number of carboxylic acid groups (broad SMARTS) is 1. The van der Waals surface area contributed by atoms with Gasteiger partial charge in [-0.3, -0.25) is 9.69 Å². The van der Waals surface area contributed by atoms with Crippen molar-refractivity contribution in [2.75, 3.05) is 31.1 Å². The molecule has 1 amide bonds. The first-order valence-corrected chi connectivity index (χ1v) is 15.6. The predicted octanol–water partition coefficient (Wildman–Crippen LogP) is 4.35. The van der Waals surface area contributed by atoms with E-state index in [1.807, 2.05) is 24.3 Å². The molecule has 4 aromatic rings. The number of aromatic carboxylic acids is 1. The zero-order valence-corrected chi connectivity index (χ0v) is 24.8. The Morgan fingerprint density at radius 2 is 1.82 bits per heavy atom. The number of benzene rings is 2. The lowest BCUT2D eigenvalue weighted by Crippen LogP contribution is -2.33. The summed E-state index contributed by atoms with van der Waals surface area (Å²) >= 11 is 0. The molecule has 5 heterocycles. The van der Waals surface area contributed by atoms with Crippen molar-refractivity contribution in [1.82, 2.24) is 19.4 Å². The van der Waals surface area contributed by atoms with Crippen molar-refractivity contribution in [2.45, 2.75) is 63.8 Å². The van der Waals surface area contributed by atoms with E-state index < -0.39 is 5.97 Å². The number of aromatic nitrogens is 3. The van der Waals surface area contributed by atoms with Gasteiger partial charge in [0.2, 0.25) is 5.91 Å². The van der Waals surface area contributed by atoms with E-state index in [9.17, 15) is 14.7 Å². The fraction of sp³-hybridized carbons (Fsp3) is 0.412. The monoisotopic (exact) mass is 594 g/mol. The van der Waals surface area contributed by atoms with Gasteiger partial charge in [0.25, 0.3) is 0 Å². The molecular weight excluding hydrogens is 556 g/mol. The van der Waals surface area contributed by atoms with E-state index >= 15 is 0 Å². The number of pyridine rings is 1. The lowest BCUT2D eigenvalue weighted by atomic mass is 9.95. The molecule has 2 aromatic carbocycles. The Balaban J connectivity index is 1.04. The van der Waals surface area contributed by atoms with E-state index in [4.69, 9.17) is 20.4 Å². The van der Waals surface area contributed by atoms with Crippen LogP contribution in [0.1, 0.15) is 75.0 Å². The van der Waals surface area contributed by atoms with Crippen LogP contribution < -0.4 is 10.6 Å². The number of carbonyl (C=O) groups is 2. The van der Waals surface area contributed by atoms with Crippen molar-refractivity contribution in [3.63, 3.8) is 0 Å². The second-order valence-corrected chi connectivity index (χ2v) is 12.3. The van der Waals surface area contributed by atoms with E-state index in [1.54, 1.807) is 12.1 Å². The minimum atomic E-state index is -0.929. The molecule has 3 aliphatic rings. The van der Waals surface area contributed by atoms with Crippen LogP contribution in [-0.2, 0) is 30.8 Å². The second-order valence-electron chi connectivity index (χ2n) is 12.3. The molecule has 7 rings (SSSR count). The summed E-state index contributed by atoms with van der Waals surface area (Å²) in [6.07, 6.45) is 5.19. The molecule has 0 bridgehead atoms. The molecule has 0 aliphatic carbocycles. The molecule has 44 heavy (non-hydrogen) atoms. The van der Waals surface area contributed by atoms with Gasteiger partial charge in [-0.15, -0.1) is 0 Å². The van der Waals surface area contributed by atoms with Gasteiger partial charge in [-0.05, 0) is 98.8 Å². The van der Waals surface area contributed by atoms with Crippen LogP contribution in [0, 0.1) is 0 Å². The molecule has 2 aromatic heterocycles. The van der Waals surface area contributed by atoms with Gasteiger partial charge in [-0.2, -0.15) is 0 Å². The van der Waals surface area contributed by atoms with Gasteiger partial charge in [0.1, 0.15) is 11.6 Å². The number of amides is 1. The maximum Gasteiger partial charge on any atom is 0.335 e. The minimum absolute atomic E-state index is 0.146. The Morgan fingerprint density at radius 3 is 2.61 bits per heavy atom. The number of imidazole rings is 1. The van der Waals surface area contributed by atoms with Gasteiger partial charge in [-0.1, -0.05) is 12.1 Å². The van der Waals surface area contributed by atoms with Gasteiger partial charge >= 0.3 is 5.97 Å². The van der Waals surface area contributed by atoms with Crippen molar-refractivity contribution in [3.05, 3.63) is 88.4 Å². The van der Waals surface area contributed by atoms with Crippen LogP contribution in [0.25, 0.3) is 11.0 Å². The third-order valence-electron chi connectivity index (χ3n) is 9.44. The Bertz CT molecular complexity index is 1710. The highest BCUT2D eigenvalue weighted by atomic mass is 16.5. The SMILES string of the molecule is NC(=O)c1ccc2c(c1)CCN(c1cccc(C3CCCN(Cc4nc5ccc(C(=O)O)cc5n4C[C@@H]4CCO4)CC3)n1)C2. The normalized spacial score (nSPS) is 20.6. The van der Waals surface area contributed by atoms with Gasteiger partial charge in [-0.25, -0.2) is 14.8 Å². The number of primary amides is 1. The van der Waals surface area contributed by atoms with Gasteiger partial charge in [0.05, 0.1) is 35.8 Å². The predicted molar refractivity (Wildman–Crippen MR) is 167 cm³/mol. The number of hydrogen-bond acceptors (Lipinski definition) is 7. The highest BCUT2D eigenvalue weighted by Crippen LogP contribution is 2.31. The molecule has 3 aliphatic heterocycles. The zero-order valence-electron chi connectivity index (χ0n) is 24.8. The van der Waals surface area contributed by atoms with Gasteiger partial charge < -0.3 is 25.0 Å². The molecular formula is C34H38N6O4. The minimum Gasteiger partial charge on any atom is -0.478 e. The lowest BCUT2D eigenvalue weighted by Gasteiger charge is -2.30. The lowest BCUT2D eigenvalue weighted by molar-refractivity contribution is -0.0592. The fourth-order valence-electron chi connectivity index (χ4n) is 6.82. The molecule has 0 saturated carbocycles. The molecule has 2 saturated heterocycles. The van der Waals surface area contributed by atoms with E-state index in [2.05, 4.69) is 32.6 Å². The maximum atomic E-state index is 11.7. The quantitative estimate of drug-likeness (QED) is 0.308. The van der Waals surface area contributed by atoms with Crippen LogP contribution >= 0.6 is 0 Å². The first-order valence-electron chi connectivity index (χ1n) is 15.6. The van der Waals surface area contributed by atoms with Crippen molar-refractivity contribution in [3.8, 4) is 0 Å². The van der Waals surface area contributed by atoms with Crippen LogP contribution in [0.4, 0.5) is 5.82 Å². The van der Waals surface area contributed by atoms with Crippen LogP contribution in [0.5, 0.6) is 0 Å². The summed E-state index contributed by atoms with van der Waals surface area (Å²) in [5.41, 5.74) is 11.6. The number of likely N-dealkylation sites (tertiary alicyclic amines) is 1. The average Bonchev–Trinajstić information content (AvgIpc) is 3.17. The van der Waals surface area contributed by atoms with Crippen molar-refractivity contribution in [1.29, 1.82) is 0 Å². The Labute approximate surface area is 256 Å². The molecule has 2 fully saturated rings. The van der Waals surface area contributed by atoms with Gasteiger partial charge in [0, 0.05) is 36.9 Å². The number of rotatable bonds is 8. The van der Waals surface area contributed by atoms with Crippen LogP contribution in [0.3, 0.4) is 0 Å². The van der Waals surface area contributed by atoms with Crippen molar-refractivity contribution < 1.29 is 19.4 Å². The van der Waals surface area contributed by atoms with Crippen LogP contribution in [0.2, 0.25) is 0 Å². The Hall–Kier alpha value is -4.28. The number of carboxylic acids is 1. The standard InChI is InChI=1S/C34H38N6O4/c35-33(41)24-6-7-26-19-39(15-11-23(26)17-24)31-5-1-4-28(36-31)22-3-2-13-38(14-10-22)21-32-37-29-9-8-25(34(42)43)18-30(29)40(32)20-27-12-16-44-27/h1,4-9,17-18,22,27H,2-3,10-16,19-21H2,(H2,35,41)(H,42,43)/t22?,27-/m0/s1. The third kappa shape index (κ3) is 5.79. The Morgan fingerprint density at radius 1 is 0.955 bits per heavy atom. The number of ether oxygens (including phenoxy) is 1. The fourth-order valence-corrected chi connectivity index (χ4v) is 6.82. The van der Waals surface area contributed by atoms with Crippen LogP contribution in [0.15, 0.2) is 54.6 Å². The average molecular weight is 595 g/mol. The maximum absolute atomic E-state index is 11.7.